The summed E-state index contributed by atoms with van der Waals surface area (Å²) >= 11 is 0. The van der Waals surface area contributed by atoms with Crippen LogP contribution in [0.4, 0.5) is 0 Å². The molecule has 0 aliphatic carbocycles. The highest BCUT2D eigenvalue weighted by Crippen LogP contribution is 2.44. The van der Waals surface area contributed by atoms with Gasteiger partial charge in [-0.05, 0) is 6.42 Å². The van der Waals surface area contributed by atoms with Gasteiger partial charge in [0, 0.05) is 32.5 Å². The number of likely N-dealkylation sites (tertiary alicyclic amines) is 1. The van der Waals surface area contributed by atoms with Gasteiger partial charge in [0.15, 0.2) is 5.72 Å². The Kier molecular flexibility index (Phi) is 4.98. The Morgan fingerprint density at radius 2 is 2.12 bits per heavy atom. The van der Waals surface area contributed by atoms with E-state index in [0.717, 1.165) is 19.4 Å². The molecule has 0 radical (unpaired) electrons. The monoisotopic (exact) mass is 351 g/mol. The van der Waals surface area contributed by atoms with Crippen molar-refractivity contribution in [1.82, 2.24) is 24.6 Å². The highest BCUT2D eigenvalue weighted by molar-refractivity contribution is 5.84. The number of carbonyl (C=O) groups excluding carboxylic acids is 2. The number of carbonyl (C=O) groups is 3. The zero-order chi connectivity index (χ0) is 17.9. The third-order valence-corrected chi connectivity index (χ3v) is 4.98. The lowest BCUT2D eigenvalue weighted by Gasteiger charge is -2.42. The third-order valence-electron chi connectivity index (χ3n) is 4.98. The van der Waals surface area contributed by atoms with Crippen molar-refractivity contribution in [3.63, 3.8) is 0 Å². The Balaban J connectivity index is 0.000000569. The van der Waals surface area contributed by atoms with Crippen LogP contribution < -0.4 is 0 Å². The predicted octanol–water partition coefficient (Wildman–Crippen LogP) is -0.681. The Hall–Kier alpha value is -2.49. The summed E-state index contributed by atoms with van der Waals surface area (Å²) in [4.78, 5) is 36.8. The van der Waals surface area contributed by atoms with E-state index in [1.165, 1.54) is 0 Å². The highest BCUT2D eigenvalue weighted by Gasteiger charge is 2.61. The van der Waals surface area contributed by atoms with Crippen LogP contribution >= 0.6 is 0 Å². The van der Waals surface area contributed by atoms with Crippen molar-refractivity contribution in [1.29, 1.82) is 0 Å². The first kappa shape index (κ1) is 17.3. The molecule has 10 heteroatoms. The van der Waals surface area contributed by atoms with Gasteiger partial charge in [0.1, 0.15) is 12.7 Å². The summed E-state index contributed by atoms with van der Waals surface area (Å²) in [5.41, 5.74) is -0.554. The summed E-state index contributed by atoms with van der Waals surface area (Å²) in [6, 6.07) is -0.131. The van der Waals surface area contributed by atoms with Gasteiger partial charge in [0.25, 0.3) is 6.47 Å². The average molecular weight is 351 g/mol. The van der Waals surface area contributed by atoms with Crippen LogP contribution in [0.2, 0.25) is 0 Å². The molecule has 136 valence electrons. The first-order valence-corrected chi connectivity index (χ1v) is 8.26. The van der Waals surface area contributed by atoms with Gasteiger partial charge >= 0.3 is 0 Å². The number of carboxylic acid groups (broad SMARTS) is 1. The van der Waals surface area contributed by atoms with E-state index in [4.69, 9.17) is 14.6 Å². The molecule has 1 N–H and O–H groups in total. The maximum atomic E-state index is 12.5. The molecule has 3 saturated heterocycles. The summed E-state index contributed by atoms with van der Waals surface area (Å²) in [6.45, 7) is 2.39. The van der Waals surface area contributed by atoms with Gasteiger partial charge < -0.3 is 24.2 Å². The van der Waals surface area contributed by atoms with E-state index in [2.05, 4.69) is 10.2 Å². The van der Waals surface area contributed by atoms with Crippen LogP contribution in [0, 0.1) is 0 Å². The van der Waals surface area contributed by atoms with Crippen molar-refractivity contribution in [2.24, 2.45) is 0 Å². The normalized spacial score (nSPS) is 27.4. The Labute approximate surface area is 144 Å². The van der Waals surface area contributed by atoms with Crippen LogP contribution in [0.5, 0.6) is 0 Å². The van der Waals surface area contributed by atoms with E-state index in [9.17, 15) is 9.59 Å². The van der Waals surface area contributed by atoms with E-state index in [1.807, 2.05) is 9.80 Å². The maximum absolute atomic E-state index is 12.5. The number of aromatic nitrogens is 3. The van der Waals surface area contributed by atoms with E-state index in [1.54, 1.807) is 17.2 Å². The molecule has 2 amide bonds. The van der Waals surface area contributed by atoms with Gasteiger partial charge in [-0.25, -0.2) is 0 Å². The molecule has 1 aromatic heterocycles. The molecule has 4 rings (SSSR count). The summed E-state index contributed by atoms with van der Waals surface area (Å²) in [7, 11) is 0. The minimum atomic E-state index is -0.554. The number of hydrogen-bond donors (Lipinski definition) is 1. The number of hydrogen-bond acceptors (Lipinski definition) is 6. The Bertz CT molecular complexity index is 636. The van der Waals surface area contributed by atoms with E-state index < -0.39 is 5.72 Å². The van der Waals surface area contributed by atoms with Crippen molar-refractivity contribution in [3.8, 4) is 0 Å². The molecule has 0 aromatic carbocycles. The van der Waals surface area contributed by atoms with Crippen molar-refractivity contribution in [2.75, 3.05) is 19.7 Å². The largest absolute Gasteiger partial charge is 0.483 e. The molecular weight excluding hydrogens is 330 g/mol. The lowest BCUT2D eigenvalue weighted by molar-refractivity contribution is -0.181. The highest BCUT2D eigenvalue weighted by atomic mass is 16.5. The van der Waals surface area contributed by atoms with Gasteiger partial charge in [0.2, 0.25) is 11.8 Å². The van der Waals surface area contributed by atoms with Gasteiger partial charge in [-0.3, -0.25) is 14.4 Å². The molecule has 1 aromatic rings. The molecule has 0 unspecified atom stereocenters. The van der Waals surface area contributed by atoms with Crippen LogP contribution in [-0.4, -0.2) is 79.4 Å². The van der Waals surface area contributed by atoms with Crippen molar-refractivity contribution in [3.05, 3.63) is 12.7 Å². The average Bonchev–Trinajstić information content (AvgIpc) is 3.29. The van der Waals surface area contributed by atoms with Gasteiger partial charge in [-0.2, -0.15) is 0 Å². The van der Waals surface area contributed by atoms with Gasteiger partial charge in [-0.15, -0.1) is 10.2 Å². The molecule has 2 atom stereocenters. The van der Waals surface area contributed by atoms with Crippen LogP contribution in [0.3, 0.4) is 0 Å². The molecule has 3 aliphatic rings. The lowest BCUT2D eigenvalue weighted by atomic mass is 10.0. The summed E-state index contributed by atoms with van der Waals surface area (Å²) < 4.78 is 7.79. The van der Waals surface area contributed by atoms with Crippen molar-refractivity contribution >= 4 is 18.3 Å². The SMILES string of the molecule is O=C(CCn1cnnc1)N1CC[C@@]23OCCCN2C(=O)C[C@@H]13.O=CO. The molecule has 25 heavy (non-hydrogen) atoms. The van der Waals surface area contributed by atoms with Gasteiger partial charge in [0.05, 0.1) is 19.1 Å². The smallest absolute Gasteiger partial charge is 0.290 e. The first-order chi connectivity index (χ1) is 12.1. The van der Waals surface area contributed by atoms with Crippen LogP contribution in [0.1, 0.15) is 25.7 Å². The molecule has 1 spiro atoms. The summed E-state index contributed by atoms with van der Waals surface area (Å²) in [5, 5.41) is 14.3. The van der Waals surface area contributed by atoms with E-state index >= 15 is 0 Å². The second-order valence-electron chi connectivity index (χ2n) is 6.20. The minimum absolute atomic E-state index is 0.0689. The van der Waals surface area contributed by atoms with Crippen LogP contribution in [0.25, 0.3) is 0 Å². The Morgan fingerprint density at radius 1 is 1.40 bits per heavy atom. The maximum Gasteiger partial charge on any atom is 0.290 e. The standard InChI is InChI=1S/C14H19N5O3.CH2O2/c20-12(2-5-17-9-15-16-10-17)18-6-3-14-11(18)8-13(21)19(14)4-1-7-22-14;2-1-3/h9-11H,1-8H2;1H,(H,2,3)/t11-,14+;/m1./s1. The third kappa shape index (κ3) is 3.09. The van der Waals surface area contributed by atoms with Gasteiger partial charge in [-0.1, -0.05) is 0 Å². The number of amides is 2. The predicted molar refractivity (Wildman–Crippen MR) is 83.1 cm³/mol. The minimum Gasteiger partial charge on any atom is -0.483 e. The first-order valence-electron chi connectivity index (χ1n) is 8.26. The fourth-order valence-corrected chi connectivity index (χ4v) is 3.95. The second-order valence-corrected chi connectivity index (χ2v) is 6.20. The zero-order valence-electron chi connectivity index (χ0n) is 13.8. The van der Waals surface area contributed by atoms with Crippen LogP contribution in [0.15, 0.2) is 12.7 Å². The molecule has 0 bridgehead atoms. The number of aryl methyl sites for hydroxylation is 1. The fourth-order valence-electron chi connectivity index (χ4n) is 3.95. The number of rotatable bonds is 3. The molecular formula is C15H21N5O5. The van der Waals surface area contributed by atoms with Crippen molar-refractivity contribution in [2.45, 2.75) is 44.0 Å². The van der Waals surface area contributed by atoms with Crippen molar-refractivity contribution < 1.29 is 24.2 Å². The van der Waals surface area contributed by atoms with Crippen LogP contribution in [-0.2, 0) is 25.7 Å². The second kappa shape index (κ2) is 7.18. The number of ether oxygens (including phenoxy) is 1. The molecule has 4 heterocycles. The topological polar surface area (TPSA) is 118 Å². The quantitative estimate of drug-likeness (QED) is 0.717. The molecule has 0 saturated carbocycles. The number of nitrogens with zero attached hydrogens (tertiary/aromatic N) is 5. The Morgan fingerprint density at radius 3 is 2.84 bits per heavy atom. The van der Waals surface area contributed by atoms with E-state index in [0.29, 0.717) is 32.5 Å². The molecule has 3 aliphatic heterocycles. The molecule has 10 nitrogen and oxygen atoms in total. The van der Waals surface area contributed by atoms with E-state index in [-0.39, 0.29) is 24.3 Å². The summed E-state index contributed by atoms with van der Waals surface area (Å²) in [6.07, 6.45) is 5.58. The zero-order valence-corrected chi connectivity index (χ0v) is 13.8. The molecule has 3 fully saturated rings. The summed E-state index contributed by atoms with van der Waals surface area (Å²) in [5.74, 6) is 0.181. The fraction of sp³-hybridized carbons (Fsp3) is 0.667. The lowest BCUT2D eigenvalue weighted by Crippen LogP contribution is -2.56.